The van der Waals surface area contributed by atoms with Crippen LogP contribution in [0.2, 0.25) is 0 Å². The van der Waals surface area contributed by atoms with Crippen LogP contribution < -0.4 is 5.32 Å². The van der Waals surface area contributed by atoms with Gasteiger partial charge in [0.25, 0.3) is 0 Å². The maximum atomic E-state index is 13.2. The number of nitrogens with zero attached hydrogens (tertiary/aromatic N) is 3. The molecule has 3 aromatic carbocycles. The zero-order valence-electron chi connectivity index (χ0n) is 16.0. The van der Waals surface area contributed by atoms with Gasteiger partial charge in [0.2, 0.25) is 5.91 Å². The average molecular weight is 406 g/mol. The molecular weight excluding hydrogens is 387 g/mol. The lowest BCUT2D eigenvalue weighted by atomic mass is 10.1. The number of hydrogen-bond donors (Lipinski definition) is 1. The van der Waals surface area contributed by atoms with Gasteiger partial charge in [-0.25, -0.2) is 4.39 Å². The van der Waals surface area contributed by atoms with Crippen LogP contribution in [0.5, 0.6) is 0 Å². The summed E-state index contributed by atoms with van der Waals surface area (Å²) in [7, 11) is 1.83. The van der Waals surface area contributed by atoms with Crippen LogP contribution in [0.1, 0.15) is 6.92 Å². The highest BCUT2D eigenvalue weighted by Gasteiger charge is 2.20. The van der Waals surface area contributed by atoms with Crippen LogP contribution in [0.15, 0.2) is 71.9 Å². The quantitative estimate of drug-likeness (QED) is 0.479. The summed E-state index contributed by atoms with van der Waals surface area (Å²) in [4.78, 5) is 12.8. The SMILES string of the molecule is C[C@H](Sc1nnc(-c2ccc(F)cc2)n1C)C(=O)Nc1cccc2ccccc12. The van der Waals surface area contributed by atoms with E-state index in [9.17, 15) is 9.18 Å². The smallest absolute Gasteiger partial charge is 0.237 e. The first-order chi connectivity index (χ1) is 14.0. The van der Waals surface area contributed by atoms with Gasteiger partial charge in [-0.3, -0.25) is 4.79 Å². The minimum atomic E-state index is -0.377. The summed E-state index contributed by atoms with van der Waals surface area (Å²) in [6, 6.07) is 19.8. The van der Waals surface area contributed by atoms with Gasteiger partial charge in [-0.15, -0.1) is 10.2 Å². The summed E-state index contributed by atoms with van der Waals surface area (Å²) in [6.07, 6.45) is 0. The highest BCUT2D eigenvalue weighted by atomic mass is 32.2. The summed E-state index contributed by atoms with van der Waals surface area (Å²) in [5, 5.41) is 13.7. The van der Waals surface area contributed by atoms with E-state index < -0.39 is 0 Å². The molecule has 1 aromatic heterocycles. The fourth-order valence-corrected chi connectivity index (χ4v) is 3.86. The van der Waals surface area contributed by atoms with Gasteiger partial charge < -0.3 is 9.88 Å². The Morgan fingerprint density at radius 2 is 1.76 bits per heavy atom. The van der Waals surface area contributed by atoms with Crippen molar-refractivity contribution in [3.63, 3.8) is 0 Å². The molecular formula is C22H19FN4OS. The van der Waals surface area contributed by atoms with E-state index in [0.29, 0.717) is 11.0 Å². The number of anilines is 1. The molecule has 0 saturated carbocycles. The minimum absolute atomic E-state index is 0.113. The van der Waals surface area contributed by atoms with Crippen LogP contribution in [-0.2, 0) is 11.8 Å². The van der Waals surface area contributed by atoms with E-state index in [1.165, 1.54) is 23.9 Å². The molecule has 5 nitrogen and oxygen atoms in total. The number of carbonyl (C=O) groups excluding carboxylic acids is 1. The predicted molar refractivity (Wildman–Crippen MR) is 114 cm³/mol. The zero-order chi connectivity index (χ0) is 20.4. The molecule has 4 aromatic rings. The maximum absolute atomic E-state index is 13.2. The van der Waals surface area contributed by atoms with Gasteiger partial charge in [0.15, 0.2) is 11.0 Å². The number of aromatic nitrogens is 3. The third kappa shape index (κ3) is 4.00. The summed E-state index contributed by atoms with van der Waals surface area (Å²) >= 11 is 1.32. The van der Waals surface area contributed by atoms with Crippen molar-refractivity contribution in [2.45, 2.75) is 17.3 Å². The second kappa shape index (κ2) is 8.05. The molecule has 1 heterocycles. The number of benzene rings is 3. The van der Waals surface area contributed by atoms with Crippen molar-refractivity contribution >= 4 is 34.1 Å². The van der Waals surface area contributed by atoms with Gasteiger partial charge in [0.1, 0.15) is 5.82 Å². The summed E-state index contributed by atoms with van der Waals surface area (Å²) in [5.74, 6) is 0.205. The number of hydrogen-bond acceptors (Lipinski definition) is 4. The third-order valence-electron chi connectivity index (χ3n) is 4.64. The van der Waals surface area contributed by atoms with E-state index in [1.807, 2.05) is 56.4 Å². The molecule has 0 radical (unpaired) electrons. The number of fused-ring (bicyclic) bond motifs is 1. The Bertz CT molecular complexity index is 1170. The van der Waals surface area contributed by atoms with Gasteiger partial charge in [-0.2, -0.15) is 0 Å². The molecule has 0 aliphatic carbocycles. The zero-order valence-corrected chi connectivity index (χ0v) is 16.8. The van der Waals surface area contributed by atoms with E-state index in [4.69, 9.17) is 0 Å². The standard InChI is InChI=1S/C22H19FN4OS/c1-14(21(28)24-19-9-5-7-15-6-3-4-8-18(15)19)29-22-26-25-20(27(22)2)16-10-12-17(23)13-11-16/h3-14H,1-2H3,(H,24,28)/t14-/m0/s1. The molecule has 4 rings (SSSR count). The lowest BCUT2D eigenvalue weighted by Crippen LogP contribution is -2.23. The second-order valence-corrected chi connectivity index (χ2v) is 7.96. The van der Waals surface area contributed by atoms with Crippen LogP contribution in [0.25, 0.3) is 22.2 Å². The Hall–Kier alpha value is -3.19. The second-order valence-electron chi connectivity index (χ2n) is 6.65. The molecule has 1 amide bonds. The van der Waals surface area contributed by atoms with Gasteiger partial charge >= 0.3 is 0 Å². The molecule has 0 unspecified atom stereocenters. The molecule has 1 N–H and O–H groups in total. The summed E-state index contributed by atoms with van der Waals surface area (Å²) in [5.41, 5.74) is 1.55. The lowest BCUT2D eigenvalue weighted by Gasteiger charge is -2.13. The van der Waals surface area contributed by atoms with Crippen LogP contribution in [0, 0.1) is 5.82 Å². The van der Waals surface area contributed by atoms with E-state index in [-0.39, 0.29) is 17.0 Å². The number of rotatable bonds is 5. The first-order valence-corrected chi connectivity index (χ1v) is 10.0. The first-order valence-electron chi connectivity index (χ1n) is 9.13. The van der Waals surface area contributed by atoms with Gasteiger partial charge in [0.05, 0.1) is 5.25 Å². The average Bonchev–Trinajstić information content (AvgIpc) is 3.09. The van der Waals surface area contributed by atoms with Gasteiger partial charge in [-0.05, 0) is 42.6 Å². The highest BCUT2D eigenvalue weighted by Crippen LogP contribution is 2.28. The Balaban J connectivity index is 1.50. The highest BCUT2D eigenvalue weighted by molar-refractivity contribution is 8.00. The molecule has 146 valence electrons. The molecule has 1 atom stereocenters. The summed E-state index contributed by atoms with van der Waals surface area (Å²) in [6.45, 7) is 1.83. The Morgan fingerprint density at radius 3 is 2.55 bits per heavy atom. The van der Waals surface area contributed by atoms with Crippen LogP contribution >= 0.6 is 11.8 Å². The number of thioether (sulfide) groups is 1. The topological polar surface area (TPSA) is 59.8 Å². The van der Waals surface area contributed by atoms with E-state index >= 15 is 0 Å². The number of amides is 1. The van der Waals surface area contributed by atoms with Crippen molar-refractivity contribution in [1.29, 1.82) is 0 Å². The normalized spacial score (nSPS) is 12.1. The third-order valence-corrected chi connectivity index (χ3v) is 5.77. The van der Waals surface area contributed by atoms with Crippen molar-refractivity contribution in [2.75, 3.05) is 5.32 Å². The fraction of sp³-hybridized carbons (Fsp3) is 0.136. The monoisotopic (exact) mass is 406 g/mol. The van der Waals surface area contributed by atoms with Crippen molar-refractivity contribution in [3.8, 4) is 11.4 Å². The number of carbonyl (C=O) groups is 1. The van der Waals surface area contributed by atoms with Crippen molar-refractivity contribution in [3.05, 3.63) is 72.5 Å². The lowest BCUT2D eigenvalue weighted by molar-refractivity contribution is -0.115. The van der Waals surface area contributed by atoms with E-state index in [0.717, 1.165) is 22.0 Å². The molecule has 0 spiro atoms. The largest absolute Gasteiger partial charge is 0.325 e. The fourth-order valence-electron chi connectivity index (χ4n) is 3.05. The first kappa shape index (κ1) is 19.1. The molecule has 0 fully saturated rings. The van der Waals surface area contributed by atoms with Crippen molar-refractivity contribution in [1.82, 2.24) is 14.8 Å². The number of halogens is 1. The predicted octanol–water partition coefficient (Wildman–Crippen LogP) is 4.89. The molecule has 0 saturated heterocycles. The molecule has 0 aliphatic rings. The molecule has 29 heavy (non-hydrogen) atoms. The molecule has 0 bridgehead atoms. The molecule has 7 heteroatoms. The Kier molecular flexibility index (Phi) is 5.31. The van der Waals surface area contributed by atoms with Gasteiger partial charge in [-0.1, -0.05) is 48.2 Å². The van der Waals surface area contributed by atoms with Gasteiger partial charge in [0, 0.05) is 23.7 Å². The van der Waals surface area contributed by atoms with Crippen LogP contribution in [-0.4, -0.2) is 25.9 Å². The molecule has 0 aliphatic heterocycles. The van der Waals surface area contributed by atoms with E-state index in [2.05, 4.69) is 15.5 Å². The van der Waals surface area contributed by atoms with Crippen LogP contribution in [0.3, 0.4) is 0 Å². The Labute approximate surface area is 172 Å². The van der Waals surface area contributed by atoms with E-state index in [1.54, 1.807) is 16.7 Å². The minimum Gasteiger partial charge on any atom is -0.325 e. The summed E-state index contributed by atoms with van der Waals surface area (Å²) < 4.78 is 15.0. The van der Waals surface area contributed by atoms with Crippen molar-refractivity contribution in [2.24, 2.45) is 7.05 Å². The van der Waals surface area contributed by atoms with Crippen molar-refractivity contribution < 1.29 is 9.18 Å². The van der Waals surface area contributed by atoms with Crippen LogP contribution in [0.4, 0.5) is 10.1 Å². The Morgan fingerprint density at radius 1 is 1.03 bits per heavy atom. The maximum Gasteiger partial charge on any atom is 0.237 e. The number of nitrogens with one attached hydrogen (secondary N) is 1.